The minimum Gasteiger partial charge on any atom is -0.490 e. The molecule has 0 heterocycles. The zero-order valence-corrected chi connectivity index (χ0v) is 13.2. The second-order valence-electron chi connectivity index (χ2n) is 4.53. The maximum Gasteiger partial charge on any atom is 0.340 e. The van der Waals surface area contributed by atoms with Crippen LogP contribution in [0.25, 0.3) is 0 Å². The van der Waals surface area contributed by atoms with Gasteiger partial charge in [-0.05, 0) is 43.3 Å². The zero-order chi connectivity index (χ0) is 15.2. The molecule has 0 unspecified atom stereocenters. The highest BCUT2D eigenvalue weighted by Gasteiger charge is 2.11. The van der Waals surface area contributed by atoms with Crippen molar-refractivity contribution in [2.45, 2.75) is 6.92 Å². The van der Waals surface area contributed by atoms with Gasteiger partial charge in [0.1, 0.15) is 19.0 Å². The molecular weight excluding hydrogens is 334 g/mol. The van der Waals surface area contributed by atoms with Crippen molar-refractivity contribution in [3.05, 3.63) is 58.1 Å². The van der Waals surface area contributed by atoms with Gasteiger partial charge in [-0.1, -0.05) is 27.6 Å². The van der Waals surface area contributed by atoms with Gasteiger partial charge in [0.25, 0.3) is 0 Å². The Kier molecular flexibility index (Phi) is 5.22. The summed E-state index contributed by atoms with van der Waals surface area (Å²) in [6.07, 6.45) is 0. The van der Waals surface area contributed by atoms with Gasteiger partial charge in [0.05, 0.1) is 5.56 Å². The number of esters is 1. The molecule has 2 N–H and O–H groups in total. The first-order valence-corrected chi connectivity index (χ1v) is 7.27. The van der Waals surface area contributed by atoms with E-state index in [-0.39, 0.29) is 6.61 Å². The molecule has 0 aliphatic carbocycles. The molecule has 110 valence electrons. The highest BCUT2D eigenvalue weighted by Crippen LogP contribution is 2.17. The summed E-state index contributed by atoms with van der Waals surface area (Å²) in [5.41, 5.74) is 7.53. The summed E-state index contributed by atoms with van der Waals surface area (Å²) in [5, 5.41) is 0. The van der Waals surface area contributed by atoms with Crippen LogP contribution in [-0.2, 0) is 4.74 Å². The fourth-order valence-electron chi connectivity index (χ4n) is 1.75. The number of aryl methyl sites for hydroxylation is 1. The Morgan fingerprint density at radius 2 is 1.86 bits per heavy atom. The first-order chi connectivity index (χ1) is 10.1. The average molecular weight is 350 g/mol. The number of hydrogen-bond donors (Lipinski definition) is 1. The smallest absolute Gasteiger partial charge is 0.340 e. The Balaban J connectivity index is 1.81. The Bertz CT molecular complexity index is 626. The third-order valence-corrected chi connectivity index (χ3v) is 3.36. The number of nitrogen functional groups attached to an aromatic ring is 1. The molecule has 0 spiro atoms. The molecule has 2 aromatic carbocycles. The highest BCUT2D eigenvalue weighted by atomic mass is 79.9. The molecule has 0 fully saturated rings. The van der Waals surface area contributed by atoms with E-state index in [2.05, 4.69) is 15.9 Å². The minimum absolute atomic E-state index is 0.169. The summed E-state index contributed by atoms with van der Waals surface area (Å²) in [4.78, 5) is 11.9. The fraction of sp³-hybridized carbons (Fsp3) is 0.188. The molecule has 21 heavy (non-hydrogen) atoms. The lowest BCUT2D eigenvalue weighted by Crippen LogP contribution is -2.14. The van der Waals surface area contributed by atoms with Crippen LogP contribution in [0, 0.1) is 6.92 Å². The van der Waals surface area contributed by atoms with Crippen molar-refractivity contribution in [3.8, 4) is 5.75 Å². The summed E-state index contributed by atoms with van der Waals surface area (Å²) >= 11 is 3.35. The van der Waals surface area contributed by atoms with Gasteiger partial charge in [0.2, 0.25) is 0 Å². The van der Waals surface area contributed by atoms with E-state index >= 15 is 0 Å². The molecule has 0 aliphatic heterocycles. The quantitative estimate of drug-likeness (QED) is 0.509. The van der Waals surface area contributed by atoms with E-state index in [1.807, 2.05) is 37.3 Å². The van der Waals surface area contributed by atoms with Gasteiger partial charge >= 0.3 is 5.97 Å². The van der Waals surface area contributed by atoms with Gasteiger partial charge in [-0.3, -0.25) is 0 Å². The SMILES string of the molecule is Cc1ccc(N)c(C(=O)OCCOc2ccc(Br)cc2)c1. The van der Waals surface area contributed by atoms with Crippen LogP contribution in [0.1, 0.15) is 15.9 Å². The molecule has 5 heteroatoms. The summed E-state index contributed by atoms with van der Waals surface area (Å²) in [6, 6.07) is 12.7. The lowest BCUT2D eigenvalue weighted by molar-refractivity contribution is 0.0451. The normalized spacial score (nSPS) is 10.2. The van der Waals surface area contributed by atoms with Crippen LogP contribution >= 0.6 is 15.9 Å². The largest absolute Gasteiger partial charge is 0.490 e. The summed E-state index contributed by atoms with van der Waals surface area (Å²) in [6.45, 7) is 2.36. The monoisotopic (exact) mass is 349 g/mol. The first kappa shape index (κ1) is 15.4. The van der Waals surface area contributed by atoms with E-state index < -0.39 is 5.97 Å². The first-order valence-electron chi connectivity index (χ1n) is 6.48. The third-order valence-electron chi connectivity index (χ3n) is 2.83. The van der Waals surface area contributed by atoms with E-state index in [1.54, 1.807) is 12.1 Å². The van der Waals surface area contributed by atoms with Gasteiger partial charge in [0, 0.05) is 10.2 Å². The van der Waals surface area contributed by atoms with Crippen LogP contribution in [0.4, 0.5) is 5.69 Å². The maximum atomic E-state index is 11.9. The lowest BCUT2D eigenvalue weighted by atomic mass is 10.1. The number of halogens is 1. The highest BCUT2D eigenvalue weighted by molar-refractivity contribution is 9.10. The van der Waals surface area contributed by atoms with Gasteiger partial charge in [-0.15, -0.1) is 0 Å². The molecule has 0 bridgehead atoms. The standard InChI is InChI=1S/C16H16BrNO3/c1-11-2-7-15(18)14(10-11)16(19)21-9-8-20-13-5-3-12(17)4-6-13/h2-7,10H,8-9,18H2,1H3. The van der Waals surface area contributed by atoms with Gasteiger partial charge in [-0.25, -0.2) is 4.79 Å². The molecule has 4 nitrogen and oxygen atoms in total. The van der Waals surface area contributed by atoms with Gasteiger partial charge < -0.3 is 15.2 Å². The van der Waals surface area contributed by atoms with Crippen molar-refractivity contribution >= 4 is 27.6 Å². The van der Waals surface area contributed by atoms with Crippen molar-refractivity contribution in [2.24, 2.45) is 0 Å². The number of ether oxygens (including phenoxy) is 2. The molecular formula is C16H16BrNO3. The average Bonchev–Trinajstić information content (AvgIpc) is 2.47. The maximum absolute atomic E-state index is 11.9. The van der Waals surface area contributed by atoms with E-state index in [0.717, 1.165) is 15.8 Å². The van der Waals surface area contributed by atoms with E-state index in [9.17, 15) is 4.79 Å². The number of hydrogen-bond acceptors (Lipinski definition) is 4. The van der Waals surface area contributed by atoms with Gasteiger partial charge in [0.15, 0.2) is 0 Å². The fourth-order valence-corrected chi connectivity index (χ4v) is 2.01. The van der Waals surface area contributed by atoms with Crippen molar-refractivity contribution in [3.63, 3.8) is 0 Å². The molecule has 0 atom stereocenters. The molecule has 2 aromatic rings. The number of carbonyl (C=O) groups is 1. The van der Waals surface area contributed by atoms with Crippen molar-refractivity contribution in [1.29, 1.82) is 0 Å². The van der Waals surface area contributed by atoms with Crippen molar-refractivity contribution in [1.82, 2.24) is 0 Å². The van der Waals surface area contributed by atoms with Crippen LogP contribution < -0.4 is 10.5 Å². The molecule has 0 saturated carbocycles. The van der Waals surface area contributed by atoms with Crippen LogP contribution in [0.3, 0.4) is 0 Å². The number of anilines is 1. The number of benzene rings is 2. The van der Waals surface area contributed by atoms with Crippen molar-refractivity contribution in [2.75, 3.05) is 18.9 Å². The Morgan fingerprint density at radius 1 is 1.14 bits per heavy atom. The Hall–Kier alpha value is -2.01. The van der Waals surface area contributed by atoms with E-state index in [1.165, 1.54) is 0 Å². The van der Waals surface area contributed by atoms with Crippen LogP contribution in [0.5, 0.6) is 5.75 Å². The summed E-state index contributed by atoms with van der Waals surface area (Å²) in [7, 11) is 0. The van der Waals surface area contributed by atoms with Crippen LogP contribution in [-0.4, -0.2) is 19.2 Å². The third kappa shape index (κ3) is 4.49. The molecule has 0 saturated heterocycles. The Morgan fingerprint density at radius 3 is 2.57 bits per heavy atom. The van der Waals surface area contributed by atoms with Crippen LogP contribution in [0.15, 0.2) is 46.9 Å². The predicted molar refractivity (Wildman–Crippen MR) is 85.5 cm³/mol. The van der Waals surface area contributed by atoms with Crippen molar-refractivity contribution < 1.29 is 14.3 Å². The molecule has 0 aromatic heterocycles. The molecule has 2 rings (SSSR count). The number of carbonyl (C=O) groups excluding carboxylic acids is 1. The molecule has 0 aliphatic rings. The minimum atomic E-state index is -0.435. The van der Waals surface area contributed by atoms with E-state index in [4.69, 9.17) is 15.2 Å². The Labute approximate surface area is 132 Å². The molecule has 0 radical (unpaired) electrons. The number of nitrogens with two attached hydrogens (primary N) is 1. The topological polar surface area (TPSA) is 61.6 Å². The second-order valence-corrected chi connectivity index (χ2v) is 5.44. The number of rotatable bonds is 5. The second kappa shape index (κ2) is 7.13. The predicted octanol–water partition coefficient (Wildman–Crippen LogP) is 3.58. The summed E-state index contributed by atoms with van der Waals surface area (Å²) in [5.74, 6) is 0.292. The lowest BCUT2D eigenvalue weighted by Gasteiger charge is -2.09. The summed E-state index contributed by atoms with van der Waals surface area (Å²) < 4.78 is 11.6. The zero-order valence-electron chi connectivity index (χ0n) is 11.6. The van der Waals surface area contributed by atoms with Gasteiger partial charge in [-0.2, -0.15) is 0 Å². The van der Waals surface area contributed by atoms with Crippen LogP contribution in [0.2, 0.25) is 0 Å². The molecule has 0 amide bonds. The van der Waals surface area contributed by atoms with E-state index in [0.29, 0.717) is 17.9 Å².